The lowest BCUT2D eigenvalue weighted by Crippen LogP contribution is -2.37. The molecule has 0 aliphatic carbocycles. The number of aryl methyl sites for hydroxylation is 1. The second-order valence-electron chi connectivity index (χ2n) is 5.10. The highest BCUT2D eigenvalue weighted by Crippen LogP contribution is 2.26. The SMILES string of the molecule is CNCC1CCN(c2ccc(C#N)cc2C)CC1. The number of rotatable bonds is 3. The van der Waals surface area contributed by atoms with Crippen molar-refractivity contribution in [2.45, 2.75) is 19.8 Å². The van der Waals surface area contributed by atoms with Crippen LogP contribution in [-0.4, -0.2) is 26.7 Å². The van der Waals surface area contributed by atoms with Gasteiger partial charge in [-0.2, -0.15) is 5.26 Å². The summed E-state index contributed by atoms with van der Waals surface area (Å²) in [5.41, 5.74) is 3.25. The van der Waals surface area contributed by atoms with Gasteiger partial charge >= 0.3 is 0 Å². The van der Waals surface area contributed by atoms with E-state index in [2.05, 4.69) is 29.3 Å². The Morgan fingerprint density at radius 1 is 1.39 bits per heavy atom. The van der Waals surface area contributed by atoms with Gasteiger partial charge < -0.3 is 10.2 Å². The van der Waals surface area contributed by atoms with Crippen molar-refractivity contribution in [2.24, 2.45) is 5.92 Å². The monoisotopic (exact) mass is 243 g/mol. The molecule has 18 heavy (non-hydrogen) atoms. The number of benzene rings is 1. The summed E-state index contributed by atoms with van der Waals surface area (Å²) in [4.78, 5) is 2.45. The highest BCUT2D eigenvalue weighted by atomic mass is 15.1. The highest BCUT2D eigenvalue weighted by Gasteiger charge is 2.19. The average Bonchev–Trinajstić information content (AvgIpc) is 2.40. The Bertz CT molecular complexity index is 440. The van der Waals surface area contributed by atoms with Crippen LogP contribution in [0.4, 0.5) is 5.69 Å². The van der Waals surface area contributed by atoms with Crippen LogP contribution in [0.1, 0.15) is 24.0 Å². The molecule has 1 aromatic rings. The van der Waals surface area contributed by atoms with E-state index in [0.717, 1.165) is 31.1 Å². The molecule has 1 fully saturated rings. The number of hydrogen-bond donors (Lipinski definition) is 1. The Labute approximate surface area is 109 Å². The Kier molecular flexibility index (Phi) is 4.22. The zero-order valence-electron chi connectivity index (χ0n) is 11.2. The molecular weight excluding hydrogens is 222 g/mol. The van der Waals surface area contributed by atoms with Crippen LogP contribution in [0.15, 0.2) is 18.2 Å². The lowest BCUT2D eigenvalue weighted by Gasteiger charge is -2.34. The van der Waals surface area contributed by atoms with E-state index in [1.807, 2.05) is 19.2 Å². The number of anilines is 1. The standard InChI is InChI=1S/C15H21N3/c1-12-9-14(10-16)3-4-15(12)18-7-5-13(6-8-18)11-17-2/h3-4,9,13,17H,5-8,11H2,1-2H3. The molecule has 0 unspecified atom stereocenters. The molecule has 0 atom stereocenters. The van der Waals surface area contributed by atoms with E-state index in [0.29, 0.717) is 0 Å². The maximum Gasteiger partial charge on any atom is 0.0991 e. The van der Waals surface area contributed by atoms with Gasteiger partial charge in [0, 0.05) is 18.8 Å². The molecule has 1 heterocycles. The molecule has 0 amide bonds. The first kappa shape index (κ1) is 12.9. The fraction of sp³-hybridized carbons (Fsp3) is 0.533. The van der Waals surface area contributed by atoms with Crippen molar-refractivity contribution in [1.29, 1.82) is 5.26 Å². The number of nitriles is 1. The molecule has 1 saturated heterocycles. The summed E-state index contributed by atoms with van der Waals surface area (Å²) in [5, 5.41) is 12.2. The number of piperidine rings is 1. The molecule has 1 aliphatic rings. The fourth-order valence-corrected chi connectivity index (χ4v) is 2.75. The van der Waals surface area contributed by atoms with E-state index >= 15 is 0 Å². The predicted molar refractivity (Wildman–Crippen MR) is 74.8 cm³/mol. The van der Waals surface area contributed by atoms with Crippen molar-refractivity contribution in [3.63, 3.8) is 0 Å². The molecule has 1 N–H and O–H groups in total. The third-order valence-electron chi connectivity index (χ3n) is 3.77. The van der Waals surface area contributed by atoms with E-state index in [9.17, 15) is 0 Å². The summed E-state index contributed by atoms with van der Waals surface area (Å²) in [6.07, 6.45) is 2.50. The second kappa shape index (κ2) is 5.88. The first-order valence-corrected chi connectivity index (χ1v) is 6.65. The molecule has 1 aromatic carbocycles. The minimum atomic E-state index is 0.751. The average molecular weight is 243 g/mol. The van der Waals surface area contributed by atoms with Gasteiger partial charge in [-0.05, 0) is 63.0 Å². The van der Waals surface area contributed by atoms with Crippen LogP contribution < -0.4 is 10.2 Å². The van der Waals surface area contributed by atoms with E-state index in [4.69, 9.17) is 5.26 Å². The Balaban J connectivity index is 2.04. The van der Waals surface area contributed by atoms with Gasteiger partial charge in [0.1, 0.15) is 0 Å². The van der Waals surface area contributed by atoms with Crippen LogP contribution >= 0.6 is 0 Å². The van der Waals surface area contributed by atoms with Crippen molar-refractivity contribution in [3.8, 4) is 6.07 Å². The van der Waals surface area contributed by atoms with Crippen molar-refractivity contribution in [1.82, 2.24) is 5.32 Å². The fourth-order valence-electron chi connectivity index (χ4n) is 2.75. The first-order valence-electron chi connectivity index (χ1n) is 6.65. The second-order valence-corrected chi connectivity index (χ2v) is 5.10. The molecule has 0 spiro atoms. The quantitative estimate of drug-likeness (QED) is 0.885. The van der Waals surface area contributed by atoms with Gasteiger partial charge in [0.05, 0.1) is 11.6 Å². The lowest BCUT2D eigenvalue weighted by molar-refractivity contribution is 0.393. The molecule has 96 valence electrons. The van der Waals surface area contributed by atoms with Crippen LogP contribution in [0.2, 0.25) is 0 Å². The molecule has 0 bridgehead atoms. The maximum absolute atomic E-state index is 8.89. The van der Waals surface area contributed by atoms with Gasteiger partial charge in [0.15, 0.2) is 0 Å². The minimum absolute atomic E-state index is 0.751. The lowest BCUT2D eigenvalue weighted by atomic mass is 9.96. The van der Waals surface area contributed by atoms with Gasteiger partial charge in [-0.25, -0.2) is 0 Å². The Morgan fingerprint density at radius 3 is 2.67 bits per heavy atom. The molecule has 3 heteroatoms. The largest absolute Gasteiger partial charge is 0.371 e. The molecule has 0 radical (unpaired) electrons. The normalized spacial score (nSPS) is 16.6. The van der Waals surface area contributed by atoms with Crippen molar-refractivity contribution in [3.05, 3.63) is 29.3 Å². The van der Waals surface area contributed by atoms with Crippen molar-refractivity contribution < 1.29 is 0 Å². The zero-order chi connectivity index (χ0) is 13.0. The van der Waals surface area contributed by atoms with Gasteiger partial charge in [0.2, 0.25) is 0 Å². The number of hydrogen-bond acceptors (Lipinski definition) is 3. The van der Waals surface area contributed by atoms with Crippen LogP contribution in [0.5, 0.6) is 0 Å². The summed E-state index contributed by atoms with van der Waals surface area (Å²) in [7, 11) is 2.02. The van der Waals surface area contributed by atoms with Crippen molar-refractivity contribution in [2.75, 3.05) is 31.6 Å². The third-order valence-corrected chi connectivity index (χ3v) is 3.77. The summed E-state index contributed by atoms with van der Waals surface area (Å²) in [5.74, 6) is 0.810. The number of nitrogens with one attached hydrogen (secondary N) is 1. The van der Waals surface area contributed by atoms with Crippen LogP contribution in [0.3, 0.4) is 0 Å². The van der Waals surface area contributed by atoms with E-state index < -0.39 is 0 Å². The minimum Gasteiger partial charge on any atom is -0.371 e. The summed E-state index contributed by atoms with van der Waals surface area (Å²) in [6, 6.07) is 8.18. The zero-order valence-corrected chi connectivity index (χ0v) is 11.2. The molecule has 2 rings (SSSR count). The smallest absolute Gasteiger partial charge is 0.0991 e. The molecule has 1 aliphatic heterocycles. The Morgan fingerprint density at radius 2 is 2.11 bits per heavy atom. The van der Waals surface area contributed by atoms with Gasteiger partial charge in [-0.1, -0.05) is 0 Å². The number of nitrogens with zero attached hydrogens (tertiary/aromatic N) is 2. The van der Waals surface area contributed by atoms with Gasteiger partial charge in [-0.15, -0.1) is 0 Å². The maximum atomic E-state index is 8.89. The summed E-state index contributed by atoms with van der Waals surface area (Å²) < 4.78 is 0. The first-order chi connectivity index (χ1) is 8.74. The summed E-state index contributed by atoms with van der Waals surface area (Å²) >= 11 is 0. The third kappa shape index (κ3) is 2.83. The van der Waals surface area contributed by atoms with Gasteiger partial charge in [0.25, 0.3) is 0 Å². The topological polar surface area (TPSA) is 39.1 Å². The molecular formula is C15H21N3. The van der Waals surface area contributed by atoms with E-state index in [1.165, 1.54) is 24.1 Å². The van der Waals surface area contributed by atoms with E-state index in [-0.39, 0.29) is 0 Å². The summed E-state index contributed by atoms with van der Waals surface area (Å²) in [6.45, 7) is 5.47. The highest BCUT2D eigenvalue weighted by molar-refractivity contribution is 5.56. The predicted octanol–water partition coefficient (Wildman–Crippen LogP) is 2.30. The molecule has 0 saturated carbocycles. The van der Waals surface area contributed by atoms with Crippen LogP contribution in [0.25, 0.3) is 0 Å². The molecule has 3 nitrogen and oxygen atoms in total. The van der Waals surface area contributed by atoms with Crippen LogP contribution in [-0.2, 0) is 0 Å². The Hall–Kier alpha value is -1.53. The van der Waals surface area contributed by atoms with E-state index in [1.54, 1.807) is 0 Å². The van der Waals surface area contributed by atoms with Gasteiger partial charge in [-0.3, -0.25) is 0 Å². The van der Waals surface area contributed by atoms with Crippen LogP contribution in [0, 0.1) is 24.2 Å². The van der Waals surface area contributed by atoms with Crippen molar-refractivity contribution >= 4 is 5.69 Å². The molecule has 0 aromatic heterocycles.